The highest BCUT2D eigenvalue weighted by Gasteiger charge is 2.44. The molecule has 1 saturated heterocycles. The van der Waals surface area contributed by atoms with Gasteiger partial charge < -0.3 is 34.6 Å². The molecule has 5 aromatic carbocycles. The SMILES string of the molecule is COc1cc2c(cc1OCc1cc(COc3cc4c(cc3C)C(=O)N3c5ccccc5C[C@H]3CC4)cc(NC(=O)[C@H](C)CC(=O)[C@H](C)NC(=O)CCCCC(=O)CCCN3C(=O)CC(SC)C3=O)c1)CC(CS(=O)(=O)O)[C@@H]1Cc3ccccc3N1C2=O. The quantitative estimate of drug-likeness (QED) is 0.0281. The summed E-state index contributed by atoms with van der Waals surface area (Å²) in [5.74, 6) is -2.98. The molecule has 0 aliphatic carbocycles. The average molecular weight is 1220 g/mol. The molecule has 5 aromatic rings. The lowest BCUT2D eigenvalue weighted by Crippen LogP contribution is -2.43. The van der Waals surface area contributed by atoms with Gasteiger partial charge in [-0.05, 0) is 165 Å². The number of fused-ring (bicyclic) bond motifs is 8. The van der Waals surface area contributed by atoms with E-state index in [0.717, 1.165) is 40.8 Å². The largest absolute Gasteiger partial charge is 0.493 e. The molecule has 0 radical (unpaired) electrons. The molecule has 0 saturated carbocycles. The number of likely N-dealkylation sites (tertiary alicyclic amines) is 1. The van der Waals surface area contributed by atoms with Crippen LogP contribution in [0.25, 0.3) is 0 Å². The molecule has 1 fully saturated rings. The van der Waals surface area contributed by atoms with Crippen molar-refractivity contribution in [2.75, 3.05) is 40.8 Å². The molecule has 21 heteroatoms. The van der Waals surface area contributed by atoms with E-state index in [4.69, 9.17) is 14.2 Å². The number of nitrogens with one attached hydrogen (secondary N) is 2. The summed E-state index contributed by atoms with van der Waals surface area (Å²) in [6.45, 7) is 5.24. The molecule has 0 bridgehead atoms. The van der Waals surface area contributed by atoms with Crippen LogP contribution >= 0.6 is 11.8 Å². The first-order valence-corrected chi connectivity index (χ1v) is 32.6. The Balaban J connectivity index is 0.811. The molecular weight excluding hydrogens is 1150 g/mol. The second-order valence-corrected chi connectivity index (χ2v) is 26.1. The number of rotatable bonds is 25. The molecule has 3 N–H and O–H groups in total. The Labute approximate surface area is 511 Å². The Hall–Kier alpha value is -7.88. The number of unbranched alkanes of at least 4 members (excludes halogenated alkanes) is 1. The molecule has 10 rings (SSSR count). The van der Waals surface area contributed by atoms with Crippen molar-refractivity contribution in [2.45, 2.75) is 141 Å². The average Bonchev–Trinajstić information content (AvgIpc) is 2.08. The number of hydrogen-bond donors (Lipinski definition) is 3. The van der Waals surface area contributed by atoms with Crippen molar-refractivity contribution in [2.24, 2.45) is 11.8 Å². The number of nitrogens with zero attached hydrogens (tertiary/aromatic N) is 3. The number of imide groups is 1. The van der Waals surface area contributed by atoms with Crippen LogP contribution in [0.2, 0.25) is 0 Å². The molecular formula is C66H73N5O14S2. The third-order valence-corrected chi connectivity index (χ3v) is 19.1. The Morgan fingerprint density at radius 1 is 0.724 bits per heavy atom. The van der Waals surface area contributed by atoms with Crippen LogP contribution in [0.5, 0.6) is 17.2 Å². The highest BCUT2D eigenvalue weighted by atomic mass is 32.2. The van der Waals surface area contributed by atoms with Crippen LogP contribution in [0.3, 0.4) is 0 Å². The van der Waals surface area contributed by atoms with E-state index in [9.17, 15) is 51.3 Å². The predicted molar refractivity (Wildman–Crippen MR) is 329 cm³/mol. The number of amides is 6. The maximum Gasteiger partial charge on any atom is 0.265 e. The number of carbonyl (C=O) groups excluding carboxylic acids is 8. The van der Waals surface area contributed by atoms with Crippen LogP contribution in [0.15, 0.2) is 91.0 Å². The van der Waals surface area contributed by atoms with Crippen molar-refractivity contribution in [3.8, 4) is 17.2 Å². The number of aryl methyl sites for hydroxylation is 2. The molecule has 5 aliphatic rings. The summed E-state index contributed by atoms with van der Waals surface area (Å²) >= 11 is 1.34. The van der Waals surface area contributed by atoms with Gasteiger partial charge in [-0.25, -0.2) is 0 Å². The van der Waals surface area contributed by atoms with Gasteiger partial charge in [0.25, 0.3) is 21.9 Å². The van der Waals surface area contributed by atoms with Crippen molar-refractivity contribution in [1.82, 2.24) is 10.2 Å². The van der Waals surface area contributed by atoms with Crippen LogP contribution in [0, 0.1) is 18.8 Å². The molecule has 0 aromatic heterocycles. The van der Waals surface area contributed by atoms with Gasteiger partial charge >= 0.3 is 0 Å². The van der Waals surface area contributed by atoms with Crippen molar-refractivity contribution < 1.29 is 65.5 Å². The van der Waals surface area contributed by atoms with Gasteiger partial charge in [-0.15, -0.1) is 0 Å². The molecule has 2 unspecified atom stereocenters. The maximum absolute atomic E-state index is 14.5. The number of carbonyl (C=O) groups is 8. The smallest absolute Gasteiger partial charge is 0.265 e. The summed E-state index contributed by atoms with van der Waals surface area (Å²) in [5.41, 5.74) is 8.40. The summed E-state index contributed by atoms with van der Waals surface area (Å²) < 4.78 is 54.0. The van der Waals surface area contributed by atoms with Crippen LogP contribution in [0.4, 0.5) is 17.1 Å². The third-order valence-electron chi connectivity index (χ3n) is 17.3. The monoisotopic (exact) mass is 1220 g/mol. The zero-order valence-electron chi connectivity index (χ0n) is 49.6. The number of anilines is 3. The minimum Gasteiger partial charge on any atom is -0.493 e. The van der Waals surface area contributed by atoms with Gasteiger partial charge in [-0.3, -0.25) is 47.8 Å². The fraction of sp³-hybridized carbons (Fsp3) is 0.424. The number of Topliss-reactive ketones (excluding diaryl/α,β-unsaturated/α-hetero) is 2. The first kappa shape index (κ1) is 62.2. The van der Waals surface area contributed by atoms with E-state index in [1.807, 2.05) is 72.5 Å². The van der Waals surface area contributed by atoms with E-state index in [-0.39, 0.29) is 122 Å². The van der Waals surface area contributed by atoms with E-state index < -0.39 is 45.7 Å². The van der Waals surface area contributed by atoms with Gasteiger partial charge in [0.1, 0.15) is 24.7 Å². The summed E-state index contributed by atoms with van der Waals surface area (Å²) in [7, 11) is -3.00. The Morgan fingerprint density at radius 3 is 2.05 bits per heavy atom. The van der Waals surface area contributed by atoms with Gasteiger partial charge in [0.2, 0.25) is 23.6 Å². The highest BCUT2D eigenvalue weighted by Crippen LogP contribution is 2.44. The van der Waals surface area contributed by atoms with E-state index in [1.165, 1.54) is 23.8 Å². The number of para-hydroxylation sites is 2. The second kappa shape index (κ2) is 26.6. The number of methoxy groups -OCH3 is 1. The molecule has 87 heavy (non-hydrogen) atoms. The summed E-state index contributed by atoms with van der Waals surface area (Å²) in [4.78, 5) is 111. The molecule has 5 heterocycles. The molecule has 5 aliphatic heterocycles. The lowest BCUT2D eigenvalue weighted by molar-refractivity contribution is -0.138. The first-order valence-electron chi connectivity index (χ1n) is 29.7. The summed E-state index contributed by atoms with van der Waals surface area (Å²) in [6.07, 6.45) is 6.38. The van der Waals surface area contributed by atoms with Crippen LogP contribution in [0.1, 0.15) is 131 Å². The standard InChI is InChI=1S/C66H73N5O14S2/c1-38-23-51-43(20-21-49-29-44-13-6-9-17-53(44)70(49)64(51)77)31-57(38)84-35-41-25-42(36-85-59-32-46-28-47(37-87(80,81)82)55-30-45-14-7-10-18-54(45)71(55)65(78)52(46)33-58(59)83-4)27-48(26-41)68-63(76)39(2)24-56(73)40(3)67-61(74)19-11-8-15-50(72)16-12-22-69-62(75)34-60(86-5)66(69)79/h6-7,9-10,13-14,17-18,23,25-27,31-33,39-40,47,49,55,60H,8,11-12,15-16,19-22,24,28-30,34-37H2,1-5H3,(H,67,74)(H,68,76)(H,80,81,82)/t39-,40+,47?,49-,55+,60?/m1/s1. The second-order valence-electron chi connectivity index (χ2n) is 23.6. The minimum atomic E-state index is -4.45. The lowest BCUT2D eigenvalue weighted by Gasteiger charge is -2.28. The van der Waals surface area contributed by atoms with Crippen molar-refractivity contribution >= 4 is 86.0 Å². The molecule has 6 amide bonds. The number of hydrogen-bond acceptors (Lipinski definition) is 14. The third kappa shape index (κ3) is 14.1. The minimum absolute atomic E-state index is 0.0226. The van der Waals surface area contributed by atoms with Gasteiger partial charge in [0.15, 0.2) is 17.3 Å². The van der Waals surface area contributed by atoms with Crippen molar-refractivity contribution in [1.29, 1.82) is 0 Å². The Kier molecular flexibility index (Phi) is 19.0. The molecule has 6 atom stereocenters. The Morgan fingerprint density at radius 2 is 1.36 bits per heavy atom. The number of thioether (sulfide) groups is 1. The molecule has 0 spiro atoms. The zero-order chi connectivity index (χ0) is 61.8. The maximum atomic E-state index is 14.5. The Bertz CT molecular complexity index is 3680. The summed E-state index contributed by atoms with van der Waals surface area (Å²) in [5, 5.41) is 5.32. The van der Waals surface area contributed by atoms with Crippen LogP contribution in [-0.4, -0.2) is 114 Å². The van der Waals surface area contributed by atoms with Crippen LogP contribution < -0.4 is 34.6 Å². The van der Waals surface area contributed by atoms with Crippen molar-refractivity contribution in [3.05, 3.63) is 141 Å². The fourth-order valence-electron chi connectivity index (χ4n) is 12.8. The fourth-order valence-corrected chi connectivity index (χ4v) is 14.3. The highest BCUT2D eigenvalue weighted by molar-refractivity contribution is 8.00. The van der Waals surface area contributed by atoms with E-state index >= 15 is 0 Å². The number of ether oxygens (including phenoxy) is 3. The topological polar surface area (TPSA) is 252 Å². The van der Waals surface area contributed by atoms with Gasteiger partial charge in [0.05, 0.1) is 24.2 Å². The van der Waals surface area contributed by atoms with Gasteiger partial charge in [-0.2, -0.15) is 20.2 Å². The normalized spacial score (nSPS) is 19.2. The number of ketones is 2. The van der Waals surface area contributed by atoms with Crippen LogP contribution in [-0.2, 0) is 77.8 Å². The molecule has 19 nitrogen and oxygen atoms in total. The van der Waals surface area contributed by atoms with E-state index in [0.29, 0.717) is 77.0 Å². The predicted octanol–water partition coefficient (Wildman–Crippen LogP) is 8.75. The van der Waals surface area contributed by atoms with Gasteiger partial charge in [-0.1, -0.05) is 43.3 Å². The summed E-state index contributed by atoms with van der Waals surface area (Å²) in [6, 6.07) is 26.5. The van der Waals surface area contributed by atoms with Crippen molar-refractivity contribution in [3.63, 3.8) is 0 Å². The van der Waals surface area contributed by atoms with Gasteiger partial charge in [0, 0.05) is 90.8 Å². The lowest BCUT2D eigenvalue weighted by atomic mass is 9.91. The van der Waals surface area contributed by atoms with E-state index in [1.54, 1.807) is 49.3 Å². The zero-order valence-corrected chi connectivity index (χ0v) is 51.2. The first-order chi connectivity index (χ1) is 41.7. The van der Waals surface area contributed by atoms with E-state index in [2.05, 4.69) is 16.7 Å². The number of benzene rings is 5. The molecule has 458 valence electrons.